The van der Waals surface area contributed by atoms with Crippen molar-refractivity contribution in [3.63, 3.8) is 0 Å². The molecule has 0 saturated heterocycles. The number of H-pyrrole nitrogens is 1. The summed E-state index contributed by atoms with van der Waals surface area (Å²) in [4.78, 5) is 13.7. The lowest BCUT2D eigenvalue weighted by Gasteiger charge is -2.07. The molecule has 0 aromatic carbocycles. The van der Waals surface area contributed by atoms with Gasteiger partial charge in [-0.3, -0.25) is 14.5 Å². The molecule has 0 saturated carbocycles. The fourth-order valence-corrected chi connectivity index (χ4v) is 3.82. The normalized spacial score (nSPS) is 11.2. The molecule has 0 amide bonds. The number of pyridine rings is 1. The Morgan fingerprint density at radius 1 is 1.17 bits per heavy atom. The third kappa shape index (κ3) is 3.50. The maximum absolute atomic E-state index is 4.64. The summed E-state index contributed by atoms with van der Waals surface area (Å²) < 4.78 is 6.57. The molecule has 5 aromatic rings. The van der Waals surface area contributed by atoms with E-state index in [1.165, 1.54) is 11.5 Å². The van der Waals surface area contributed by atoms with Crippen LogP contribution >= 0.6 is 11.5 Å². The molecular formula is C19H17BN8S. The minimum Gasteiger partial charge on any atom is -0.328 e. The minimum atomic E-state index is 0.698. The molecule has 5 rings (SSSR count). The molecular weight excluding hydrogens is 383 g/mol. The van der Waals surface area contributed by atoms with E-state index in [4.69, 9.17) is 0 Å². The predicted octanol–water partition coefficient (Wildman–Crippen LogP) is 1.87. The number of nitrogens with zero attached hydrogens (tertiary/aromatic N) is 6. The van der Waals surface area contributed by atoms with Crippen molar-refractivity contribution in [2.24, 2.45) is 0 Å². The molecule has 29 heavy (non-hydrogen) atoms. The Labute approximate surface area is 171 Å². The molecule has 0 aliphatic carbocycles. The maximum Gasteiger partial charge on any atom is 0.180 e. The van der Waals surface area contributed by atoms with Crippen LogP contribution in [0.15, 0.2) is 49.2 Å². The van der Waals surface area contributed by atoms with Crippen molar-refractivity contribution < 1.29 is 0 Å². The van der Waals surface area contributed by atoms with E-state index in [1.54, 1.807) is 6.20 Å². The number of nitrogens with one attached hydrogen (secondary N) is 2. The number of rotatable bonds is 5. The van der Waals surface area contributed by atoms with E-state index in [1.807, 2.05) is 56.1 Å². The Balaban J connectivity index is 1.43. The minimum absolute atomic E-state index is 0.698. The van der Waals surface area contributed by atoms with Crippen molar-refractivity contribution >= 4 is 41.3 Å². The Bertz CT molecular complexity index is 1270. The van der Waals surface area contributed by atoms with Gasteiger partial charge in [0.25, 0.3) is 0 Å². The van der Waals surface area contributed by atoms with E-state index in [0.29, 0.717) is 12.2 Å². The Morgan fingerprint density at radius 3 is 2.90 bits per heavy atom. The van der Waals surface area contributed by atoms with Gasteiger partial charge in [0.15, 0.2) is 11.5 Å². The summed E-state index contributed by atoms with van der Waals surface area (Å²) in [7, 11) is 2.03. The van der Waals surface area contributed by atoms with Gasteiger partial charge in [0, 0.05) is 36.3 Å². The number of anilines is 2. The van der Waals surface area contributed by atoms with Crippen molar-refractivity contribution in [3.8, 4) is 11.3 Å². The highest BCUT2D eigenvalue weighted by Gasteiger charge is 2.14. The molecule has 0 spiro atoms. The average Bonchev–Trinajstić information content (AvgIpc) is 3.44. The molecule has 5 aromatic heterocycles. The summed E-state index contributed by atoms with van der Waals surface area (Å²) >= 11 is 1.40. The second-order valence-corrected chi connectivity index (χ2v) is 7.67. The van der Waals surface area contributed by atoms with E-state index in [2.05, 4.69) is 40.9 Å². The number of aryl methyl sites for hydroxylation is 1. The third-order valence-corrected chi connectivity index (χ3v) is 5.28. The van der Waals surface area contributed by atoms with Crippen LogP contribution in [0, 0.1) is 6.92 Å². The Morgan fingerprint density at radius 2 is 2.10 bits per heavy atom. The van der Waals surface area contributed by atoms with Crippen LogP contribution in [-0.4, -0.2) is 41.8 Å². The maximum atomic E-state index is 4.64. The molecule has 142 valence electrons. The van der Waals surface area contributed by atoms with Crippen LogP contribution in [0.4, 0.5) is 10.8 Å². The van der Waals surface area contributed by atoms with Crippen molar-refractivity contribution in [2.45, 2.75) is 13.3 Å². The van der Waals surface area contributed by atoms with Gasteiger partial charge in [-0.25, -0.2) is 9.97 Å². The zero-order valence-electron chi connectivity index (χ0n) is 15.9. The van der Waals surface area contributed by atoms with Crippen LogP contribution in [-0.2, 0) is 6.42 Å². The van der Waals surface area contributed by atoms with Gasteiger partial charge in [-0.05, 0) is 30.6 Å². The fourth-order valence-electron chi connectivity index (χ4n) is 3.16. The first-order valence-corrected chi connectivity index (χ1v) is 9.91. The van der Waals surface area contributed by atoms with E-state index in [0.717, 1.165) is 44.5 Å². The van der Waals surface area contributed by atoms with Crippen molar-refractivity contribution in [2.75, 3.05) is 5.32 Å². The van der Waals surface area contributed by atoms with Crippen molar-refractivity contribution in [1.82, 2.24) is 33.9 Å². The highest BCUT2D eigenvalue weighted by molar-refractivity contribution is 7.10. The van der Waals surface area contributed by atoms with E-state index in [9.17, 15) is 0 Å². The molecule has 0 unspecified atom stereocenters. The van der Waals surface area contributed by atoms with Crippen LogP contribution in [0.5, 0.6) is 0 Å². The molecule has 0 radical (unpaired) electrons. The smallest absolute Gasteiger partial charge is 0.180 e. The van der Waals surface area contributed by atoms with Gasteiger partial charge < -0.3 is 5.32 Å². The Kier molecular flexibility index (Phi) is 4.32. The lowest BCUT2D eigenvalue weighted by molar-refractivity contribution is 1.05. The van der Waals surface area contributed by atoms with Crippen molar-refractivity contribution in [1.29, 1.82) is 0 Å². The molecule has 0 fully saturated rings. The second kappa shape index (κ2) is 7.14. The molecule has 10 heteroatoms. The Hall–Kier alpha value is -3.53. The summed E-state index contributed by atoms with van der Waals surface area (Å²) in [5, 5.41) is 11.2. The molecule has 0 atom stereocenters. The summed E-state index contributed by atoms with van der Waals surface area (Å²) in [5.74, 6) is 0.698. The number of hydrogen-bond acceptors (Lipinski definition) is 7. The van der Waals surface area contributed by atoms with Gasteiger partial charge in [0.05, 0.1) is 29.5 Å². The van der Waals surface area contributed by atoms with Gasteiger partial charge in [-0.2, -0.15) is 9.47 Å². The molecule has 0 aliphatic rings. The number of hydrogen-bond donors (Lipinski definition) is 2. The summed E-state index contributed by atoms with van der Waals surface area (Å²) in [6, 6.07) is 6.14. The number of imidazole rings is 1. The molecule has 2 N–H and O–H groups in total. The van der Waals surface area contributed by atoms with Gasteiger partial charge >= 0.3 is 0 Å². The zero-order chi connectivity index (χ0) is 19.8. The molecule has 5 heterocycles. The second-order valence-electron chi connectivity index (χ2n) is 6.87. The highest BCUT2D eigenvalue weighted by Crippen LogP contribution is 2.27. The topological polar surface area (TPSA) is 96.7 Å². The predicted molar refractivity (Wildman–Crippen MR) is 116 cm³/mol. The number of fused-ring (bicyclic) bond motifs is 1. The highest BCUT2D eigenvalue weighted by atomic mass is 32.1. The van der Waals surface area contributed by atoms with Crippen LogP contribution < -0.4 is 10.8 Å². The largest absolute Gasteiger partial charge is 0.328 e. The van der Waals surface area contributed by atoms with Gasteiger partial charge in [0.2, 0.25) is 0 Å². The zero-order valence-corrected chi connectivity index (χ0v) is 16.7. The first-order chi connectivity index (χ1) is 14.2. The number of aromatic amines is 1. The average molecular weight is 400 g/mol. The summed E-state index contributed by atoms with van der Waals surface area (Å²) in [6.45, 7) is 1.96. The molecule has 0 aliphatic heterocycles. The van der Waals surface area contributed by atoms with Gasteiger partial charge in [-0.15, -0.1) is 0 Å². The standard InChI is InChI=1S/C19H17BN8S/c1-11-10-28-16(12-6-23-24-7-12)9-22-19(28)18(25-11)26-17-5-15(27-29-17)4-14-3-2-13(20)8-21-14/h2-3,5-10H,4,20H2,1H3,(H,23,24)(H,25,26). The van der Waals surface area contributed by atoms with Crippen LogP contribution in [0.3, 0.4) is 0 Å². The quantitative estimate of drug-likeness (QED) is 0.438. The summed E-state index contributed by atoms with van der Waals surface area (Å²) in [5.41, 5.74) is 6.69. The lowest BCUT2D eigenvalue weighted by Crippen LogP contribution is -2.04. The first-order valence-electron chi connectivity index (χ1n) is 9.14. The first kappa shape index (κ1) is 17.6. The van der Waals surface area contributed by atoms with Crippen LogP contribution in [0.1, 0.15) is 17.1 Å². The summed E-state index contributed by atoms with van der Waals surface area (Å²) in [6.07, 6.45) is 10.00. The van der Waals surface area contributed by atoms with Crippen LogP contribution in [0.2, 0.25) is 0 Å². The lowest BCUT2D eigenvalue weighted by atomic mass is 9.98. The SMILES string of the molecule is Bc1ccc(Cc2cc(Nc3nc(C)cn4c(-c5cn[nH]c5)cnc34)sn2)nc1. The fraction of sp³-hybridized carbons (Fsp3) is 0.105. The van der Waals surface area contributed by atoms with Gasteiger partial charge in [0.1, 0.15) is 12.8 Å². The monoisotopic (exact) mass is 400 g/mol. The molecule has 0 bridgehead atoms. The van der Waals surface area contributed by atoms with E-state index < -0.39 is 0 Å². The molecule has 8 nitrogen and oxygen atoms in total. The third-order valence-electron chi connectivity index (χ3n) is 4.54. The van der Waals surface area contributed by atoms with E-state index >= 15 is 0 Å². The number of aromatic nitrogens is 7. The van der Waals surface area contributed by atoms with Crippen molar-refractivity contribution in [3.05, 3.63) is 66.3 Å². The van der Waals surface area contributed by atoms with Gasteiger partial charge in [-0.1, -0.05) is 11.5 Å². The van der Waals surface area contributed by atoms with E-state index in [-0.39, 0.29) is 0 Å². The van der Waals surface area contributed by atoms with Crippen LogP contribution in [0.25, 0.3) is 16.9 Å².